The predicted octanol–water partition coefficient (Wildman–Crippen LogP) is 5.56. The van der Waals surface area contributed by atoms with Crippen molar-refractivity contribution in [1.29, 1.82) is 0 Å². The molecule has 4 nitrogen and oxygen atoms in total. The molecule has 3 rings (SSSR count). The van der Waals surface area contributed by atoms with Gasteiger partial charge >= 0.3 is 5.97 Å². The molecule has 1 unspecified atom stereocenters. The fourth-order valence-corrected chi connectivity index (χ4v) is 4.48. The summed E-state index contributed by atoms with van der Waals surface area (Å²) in [5, 5.41) is 7.74. The average Bonchev–Trinajstić information content (AvgIpc) is 3.14. The van der Waals surface area contributed by atoms with E-state index in [1.807, 2.05) is 42.5 Å². The Hall–Kier alpha value is -2.70. The van der Waals surface area contributed by atoms with E-state index in [0.29, 0.717) is 15.7 Å². The second-order valence-corrected chi connectivity index (χ2v) is 8.12. The molecular weight excluding hydrogens is 400 g/mol. The molecule has 1 atom stereocenters. The van der Waals surface area contributed by atoms with E-state index in [-0.39, 0.29) is 12.0 Å². The van der Waals surface area contributed by atoms with Crippen LogP contribution in [0.3, 0.4) is 0 Å². The highest BCUT2D eigenvalue weighted by atomic mass is 32.1. The van der Waals surface area contributed by atoms with Crippen LogP contribution in [0.1, 0.15) is 45.7 Å². The number of thiocarbonyl (C=S) groups is 1. The number of anilines is 1. The Labute approximate surface area is 180 Å². The molecule has 0 aliphatic rings. The Balaban J connectivity index is 1.76. The number of rotatable bonds is 7. The molecule has 1 aromatic heterocycles. The number of carbonyl (C=O) groups excluding carboxylic acids is 1. The molecule has 29 heavy (non-hydrogen) atoms. The summed E-state index contributed by atoms with van der Waals surface area (Å²) in [6, 6.07) is 22.3. The molecule has 0 aliphatic carbocycles. The Morgan fingerprint density at radius 3 is 2.38 bits per heavy atom. The van der Waals surface area contributed by atoms with Crippen LogP contribution in [-0.4, -0.2) is 18.2 Å². The van der Waals surface area contributed by atoms with Gasteiger partial charge in [0, 0.05) is 11.3 Å². The monoisotopic (exact) mass is 424 g/mol. The first-order chi connectivity index (χ1) is 14.1. The minimum Gasteiger partial charge on any atom is -0.465 e. The van der Waals surface area contributed by atoms with E-state index in [1.165, 1.54) is 29.6 Å². The molecular formula is C23H24N2O2S2. The summed E-state index contributed by atoms with van der Waals surface area (Å²) in [6.45, 7) is 2.11. The van der Waals surface area contributed by atoms with Crippen molar-refractivity contribution in [2.75, 3.05) is 12.4 Å². The fraction of sp³-hybridized carbons (Fsp3) is 0.217. The molecule has 0 bridgehead atoms. The highest BCUT2D eigenvalue weighted by molar-refractivity contribution is 7.80. The predicted molar refractivity (Wildman–Crippen MR) is 124 cm³/mol. The Morgan fingerprint density at radius 1 is 1.10 bits per heavy atom. The largest absolute Gasteiger partial charge is 0.465 e. The highest BCUT2D eigenvalue weighted by Crippen LogP contribution is 2.31. The van der Waals surface area contributed by atoms with Crippen molar-refractivity contribution in [2.45, 2.75) is 25.8 Å². The summed E-state index contributed by atoms with van der Waals surface area (Å²) in [5.41, 5.74) is 2.86. The lowest BCUT2D eigenvalue weighted by Crippen LogP contribution is -2.32. The van der Waals surface area contributed by atoms with Crippen molar-refractivity contribution in [3.8, 4) is 0 Å². The number of hydrogen-bond donors (Lipinski definition) is 2. The molecule has 0 aliphatic heterocycles. The maximum atomic E-state index is 12.3. The summed E-state index contributed by atoms with van der Waals surface area (Å²) in [7, 11) is 1.39. The Kier molecular flexibility index (Phi) is 7.38. The molecule has 0 amide bonds. The lowest BCUT2D eigenvalue weighted by molar-refractivity contribution is 0.0602. The van der Waals surface area contributed by atoms with Gasteiger partial charge < -0.3 is 15.4 Å². The number of nitrogens with one attached hydrogen (secondary N) is 2. The van der Waals surface area contributed by atoms with Crippen LogP contribution in [-0.2, 0) is 11.2 Å². The van der Waals surface area contributed by atoms with E-state index in [4.69, 9.17) is 17.0 Å². The van der Waals surface area contributed by atoms with Crippen LogP contribution in [0.2, 0.25) is 0 Å². The van der Waals surface area contributed by atoms with Crippen LogP contribution in [0.5, 0.6) is 0 Å². The summed E-state index contributed by atoms with van der Waals surface area (Å²) in [6.07, 6.45) is 1.64. The molecule has 6 heteroatoms. The second-order valence-electron chi connectivity index (χ2n) is 6.58. The van der Waals surface area contributed by atoms with E-state index in [1.54, 1.807) is 0 Å². The smallest absolute Gasteiger partial charge is 0.340 e. The number of thiophene rings is 1. The molecule has 3 aromatic rings. The average molecular weight is 425 g/mol. The summed E-state index contributed by atoms with van der Waals surface area (Å²) in [4.78, 5) is 13.3. The maximum Gasteiger partial charge on any atom is 0.340 e. The van der Waals surface area contributed by atoms with Crippen LogP contribution in [0.4, 0.5) is 5.00 Å². The topological polar surface area (TPSA) is 50.4 Å². The van der Waals surface area contributed by atoms with Gasteiger partial charge in [0.15, 0.2) is 5.11 Å². The third-order valence-electron chi connectivity index (χ3n) is 4.55. The van der Waals surface area contributed by atoms with Crippen molar-refractivity contribution in [3.05, 3.63) is 88.3 Å². The molecule has 0 radical (unpaired) electrons. The zero-order chi connectivity index (χ0) is 20.6. The van der Waals surface area contributed by atoms with Crippen molar-refractivity contribution in [1.82, 2.24) is 5.32 Å². The van der Waals surface area contributed by atoms with E-state index in [2.05, 4.69) is 41.8 Å². The number of hydrogen-bond acceptors (Lipinski definition) is 4. The van der Waals surface area contributed by atoms with Crippen molar-refractivity contribution >= 4 is 39.6 Å². The normalized spacial score (nSPS) is 11.5. The standard InChI is InChI=1S/C23H24N2O2S2/c1-3-20(17-12-8-5-9-13-17)24-23(28)25-21-19(22(26)27-2)15-18(29-21)14-16-10-6-4-7-11-16/h4-13,15,20H,3,14H2,1-2H3,(H2,24,25,28). The van der Waals surface area contributed by atoms with Gasteiger partial charge in [-0.25, -0.2) is 4.79 Å². The first-order valence-corrected chi connectivity index (χ1v) is 10.7. The fourth-order valence-electron chi connectivity index (χ4n) is 3.08. The van der Waals surface area contributed by atoms with Crippen molar-refractivity contribution < 1.29 is 9.53 Å². The lowest BCUT2D eigenvalue weighted by atomic mass is 10.1. The van der Waals surface area contributed by atoms with E-state index >= 15 is 0 Å². The number of benzene rings is 2. The van der Waals surface area contributed by atoms with E-state index < -0.39 is 0 Å². The van der Waals surface area contributed by atoms with Gasteiger partial charge in [0.05, 0.1) is 18.7 Å². The molecule has 2 aromatic carbocycles. The van der Waals surface area contributed by atoms with Gasteiger partial charge in [-0.3, -0.25) is 0 Å². The van der Waals surface area contributed by atoms with Crippen LogP contribution in [0, 0.1) is 0 Å². The number of esters is 1. The molecule has 0 spiro atoms. The van der Waals surface area contributed by atoms with Gasteiger partial charge in [-0.15, -0.1) is 11.3 Å². The zero-order valence-corrected chi connectivity index (χ0v) is 18.1. The third-order valence-corrected chi connectivity index (χ3v) is 5.82. The van der Waals surface area contributed by atoms with E-state index in [9.17, 15) is 4.79 Å². The van der Waals surface area contributed by atoms with Gasteiger partial charge in [0.25, 0.3) is 0 Å². The van der Waals surface area contributed by atoms with Gasteiger partial charge in [-0.1, -0.05) is 67.6 Å². The minimum atomic E-state index is -0.374. The first kappa shape index (κ1) is 21.0. The minimum absolute atomic E-state index is 0.0986. The first-order valence-electron chi connectivity index (χ1n) is 9.48. The quantitative estimate of drug-likeness (QED) is 0.384. The maximum absolute atomic E-state index is 12.3. The van der Waals surface area contributed by atoms with Crippen LogP contribution >= 0.6 is 23.6 Å². The molecule has 0 fully saturated rings. The van der Waals surface area contributed by atoms with Crippen LogP contribution in [0.25, 0.3) is 0 Å². The van der Waals surface area contributed by atoms with E-state index in [0.717, 1.165) is 17.7 Å². The lowest BCUT2D eigenvalue weighted by Gasteiger charge is -2.19. The summed E-state index contributed by atoms with van der Waals surface area (Å²) in [5.74, 6) is -0.374. The SMILES string of the molecule is CCC(NC(=S)Nc1sc(Cc2ccccc2)cc1C(=O)OC)c1ccccc1. The van der Waals surface area contributed by atoms with Crippen molar-refractivity contribution in [2.24, 2.45) is 0 Å². The van der Waals surface area contributed by atoms with Gasteiger partial charge in [0.2, 0.25) is 0 Å². The van der Waals surface area contributed by atoms with Crippen LogP contribution < -0.4 is 10.6 Å². The molecule has 1 heterocycles. The summed E-state index contributed by atoms with van der Waals surface area (Å²) < 4.78 is 4.96. The number of methoxy groups -OCH3 is 1. The molecule has 0 saturated carbocycles. The van der Waals surface area contributed by atoms with Crippen molar-refractivity contribution in [3.63, 3.8) is 0 Å². The summed E-state index contributed by atoms with van der Waals surface area (Å²) >= 11 is 7.05. The molecule has 0 saturated heterocycles. The molecule has 150 valence electrons. The highest BCUT2D eigenvalue weighted by Gasteiger charge is 2.19. The van der Waals surface area contributed by atoms with Gasteiger partial charge in [0.1, 0.15) is 5.00 Å². The zero-order valence-electron chi connectivity index (χ0n) is 16.5. The Morgan fingerprint density at radius 2 is 1.76 bits per heavy atom. The number of ether oxygens (including phenoxy) is 1. The second kappa shape index (κ2) is 10.2. The number of carbonyl (C=O) groups is 1. The van der Waals surface area contributed by atoms with Gasteiger partial charge in [-0.05, 0) is 35.8 Å². The third kappa shape index (κ3) is 5.65. The van der Waals surface area contributed by atoms with Gasteiger partial charge in [-0.2, -0.15) is 0 Å². The molecule has 2 N–H and O–H groups in total. The van der Waals surface area contributed by atoms with Crippen LogP contribution in [0.15, 0.2) is 66.7 Å². The Bertz CT molecular complexity index is 956.